The summed E-state index contributed by atoms with van der Waals surface area (Å²) in [6.07, 6.45) is 0. The van der Waals surface area contributed by atoms with Gasteiger partial charge in [-0.2, -0.15) is 0 Å². The summed E-state index contributed by atoms with van der Waals surface area (Å²) < 4.78 is 14.2. The first kappa shape index (κ1) is 25.1. The fraction of sp³-hybridized carbons (Fsp3) is 0.429. The summed E-state index contributed by atoms with van der Waals surface area (Å²) in [7, 11) is 0. The third-order valence-electron chi connectivity index (χ3n) is 4.14. The van der Waals surface area contributed by atoms with Crippen LogP contribution in [0.15, 0.2) is 42.2 Å². The Labute approximate surface area is 205 Å². The Morgan fingerprint density at radius 1 is 0.586 bits per heavy atom. The number of aliphatic hydroxyl groups is 2. The van der Waals surface area contributed by atoms with E-state index in [4.69, 9.17) is 9.47 Å². The summed E-state index contributed by atoms with van der Waals surface area (Å²) in [6, 6.07) is 7.92. The second-order valence-electron chi connectivity index (χ2n) is 8.26. The van der Waals surface area contributed by atoms with Crippen LogP contribution in [0.25, 0.3) is 0 Å². The van der Waals surface area contributed by atoms with Gasteiger partial charge in [-0.25, -0.2) is 0 Å². The highest BCUT2D eigenvalue weighted by Gasteiger charge is 2.29. The van der Waals surface area contributed by atoms with Gasteiger partial charge >= 0.3 is 0 Å². The molecule has 0 unspecified atom stereocenters. The lowest BCUT2D eigenvalue weighted by atomic mass is 9.78. The van der Waals surface area contributed by atoms with E-state index in [0.717, 1.165) is 29.0 Å². The molecule has 0 aliphatic carbocycles. The summed E-state index contributed by atoms with van der Waals surface area (Å²) in [5, 5.41) is 20.0. The minimum absolute atomic E-state index is 0.364. The molecule has 0 aliphatic heterocycles. The molecule has 2 aromatic rings. The van der Waals surface area contributed by atoms with Crippen molar-refractivity contribution in [3.05, 3.63) is 53.3 Å². The molecule has 2 N–H and O–H groups in total. The molecule has 0 radical (unpaired) electrons. The summed E-state index contributed by atoms with van der Waals surface area (Å²) in [5.41, 5.74) is 1.71. The molecular formula is C21H24Br4O4. The first-order valence-corrected chi connectivity index (χ1v) is 12.0. The molecule has 0 heterocycles. The van der Waals surface area contributed by atoms with Crippen LogP contribution >= 0.6 is 63.7 Å². The van der Waals surface area contributed by atoms with Crippen LogP contribution in [0.2, 0.25) is 0 Å². The molecule has 4 nitrogen and oxygen atoms in total. The number of hydrogen-bond donors (Lipinski definition) is 2. The minimum Gasteiger partial charge on any atom is -0.461 e. The summed E-state index contributed by atoms with van der Waals surface area (Å²) in [5.74, 6) is -1.52. The van der Waals surface area contributed by atoms with Crippen molar-refractivity contribution in [2.75, 3.05) is 0 Å². The molecule has 2 rings (SSSR count). The SMILES string of the molecule is CC(C)(O)Oc1c(Br)cc(C(C)(C)c2cc(Br)c(OC(C)(C)O)c(Br)c2)cc1Br. The van der Waals surface area contributed by atoms with Gasteiger partial charge in [0.2, 0.25) is 11.6 Å². The molecule has 0 aromatic heterocycles. The van der Waals surface area contributed by atoms with E-state index in [9.17, 15) is 10.2 Å². The van der Waals surface area contributed by atoms with Crippen LogP contribution in [0.5, 0.6) is 11.5 Å². The van der Waals surface area contributed by atoms with Crippen molar-refractivity contribution >= 4 is 63.7 Å². The van der Waals surface area contributed by atoms with Crippen molar-refractivity contribution in [3.63, 3.8) is 0 Å². The summed E-state index contributed by atoms with van der Waals surface area (Å²) in [6.45, 7) is 10.5. The molecule has 0 atom stereocenters. The van der Waals surface area contributed by atoms with E-state index in [1.165, 1.54) is 0 Å². The Hall–Kier alpha value is -0.120. The van der Waals surface area contributed by atoms with E-state index in [-0.39, 0.29) is 5.41 Å². The van der Waals surface area contributed by atoms with Crippen molar-refractivity contribution in [2.24, 2.45) is 0 Å². The summed E-state index contributed by atoms with van der Waals surface area (Å²) >= 11 is 14.2. The van der Waals surface area contributed by atoms with Crippen LogP contribution in [0.4, 0.5) is 0 Å². The van der Waals surface area contributed by atoms with Crippen LogP contribution in [0.3, 0.4) is 0 Å². The highest BCUT2D eigenvalue weighted by Crippen LogP contribution is 2.44. The van der Waals surface area contributed by atoms with Gasteiger partial charge < -0.3 is 19.7 Å². The molecule has 29 heavy (non-hydrogen) atoms. The lowest BCUT2D eigenvalue weighted by molar-refractivity contribution is -0.106. The Balaban J connectivity index is 2.50. The van der Waals surface area contributed by atoms with Crippen molar-refractivity contribution in [2.45, 2.75) is 58.5 Å². The van der Waals surface area contributed by atoms with Crippen molar-refractivity contribution in [1.29, 1.82) is 0 Å². The number of halogens is 4. The second-order valence-corrected chi connectivity index (χ2v) is 11.7. The number of rotatable bonds is 6. The van der Waals surface area contributed by atoms with Gasteiger partial charge in [0, 0.05) is 33.1 Å². The normalized spacial score (nSPS) is 12.8. The van der Waals surface area contributed by atoms with E-state index in [0.29, 0.717) is 11.5 Å². The highest BCUT2D eigenvalue weighted by molar-refractivity contribution is 9.11. The topological polar surface area (TPSA) is 58.9 Å². The predicted octanol–water partition coefficient (Wildman–Crippen LogP) is 7.28. The third-order valence-corrected chi connectivity index (χ3v) is 6.50. The van der Waals surface area contributed by atoms with Crippen LogP contribution in [-0.4, -0.2) is 21.8 Å². The van der Waals surface area contributed by atoms with Crippen LogP contribution in [-0.2, 0) is 5.41 Å². The number of benzene rings is 2. The van der Waals surface area contributed by atoms with Gasteiger partial charge in [-0.05, 0) is 99.1 Å². The van der Waals surface area contributed by atoms with Gasteiger partial charge in [0.25, 0.3) is 0 Å². The van der Waals surface area contributed by atoms with Crippen molar-refractivity contribution < 1.29 is 19.7 Å². The highest BCUT2D eigenvalue weighted by atomic mass is 79.9. The molecule has 160 valence electrons. The Bertz CT molecular complexity index is 792. The Morgan fingerprint density at radius 2 is 0.828 bits per heavy atom. The first-order chi connectivity index (χ1) is 13.0. The molecule has 0 amide bonds. The first-order valence-electron chi connectivity index (χ1n) is 8.83. The standard InChI is InChI=1S/C21H24Br4O4/c1-19(2,11-7-13(22)17(14(23)8-11)28-20(3,4)26)12-9-15(24)18(16(25)10-12)29-21(5,6)27/h7-10,26-27H,1-6H3. The zero-order valence-corrected chi connectivity index (χ0v) is 23.4. The van der Waals surface area contributed by atoms with Crippen LogP contribution in [0.1, 0.15) is 52.7 Å². The molecule has 0 spiro atoms. The maximum atomic E-state index is 9.99. The van der Waals surface area contributed by atoms with E-state index in [1.807, 2.05) is 24.3 Å². The molecular weight excluding hydrogens is 636 g/mol. The third kappa shape index (κ3) is 6.43. The molecule has 8 heteroatoms. The zero-order valence-electron chi connectivity index (χ0n) is 17.0. The maximum Gasteiger partial charge on any atom is 0.202 e. The van der Waals surface area contributed by atoms with Gasteiger partial charge in [0.1, 0.15) is 0 Å². The number of ether oxygens (including phenoxy) is 2. The van der Waals surface area contributed by atoms with Gasteiger partial charge in [0.15, 0.2) is 11.5 Å². The quantitative estimate of drug-likeness (QED) is 0.320. The van der Waals surface area contributed by atoms with Crippen LogP contribution < -0.4 is 9.47 Å². The van der Waals surface area contributed by atoms with Gasteiger partial charge in [-0.1, -0.05) is 13.8 Å². The van der Waals surface area contributed by atoms with E-state index >= 15 is 0 Å². The van der Waals surface area contributed by atoms with E-state index < -0.39 is 11.6 Å². The predicted molar refractivity (Wildman–Crippen MR) is 130 cm³/mol. The Kier molecular flexibility index (Phi) is 7.62. The largest absolute Gasteiger partial charge is 0.461 e. The van der Waals surface area contributed by atoms with E-state index in [1.54, 1.807) is 27.7 Å². The lowest BCUT2D eigenvalue weighted by Crippen LogP contribution is -2.28. The Morgan fingerprint density at radius 3 is 1.03 bits per heavy atom. The smallest absolute Gasteiger partial charge is 0.202 e. The fourth-order valence-corrected chi connectivity index (χ4v) is 5.40. The molecule has 2 aromatic carbocycles. The molecule has 0 saturated carbocycles. The monoisotopic (exact) mass is 656 g/mol. The lowest BCUT2D eigenvalue weighted by Gasteiger charge is -2.30. The molecule has 0 bridgehead atoms. The average Bonchev–Trinajstić information content (AvgIpc) is 2.52. The van der Waals surface area contributed by atoms with E-state index in [2.05, 4.69) is 77.6 Å². The molecule has 0 fully saturated rings. The summed E-state index contributed by atoms with van der Waals surface area (Å²) in [4.78, 5) is 0. The second kappa shape index (κ2) is 8.79. The maximum absolute atomic E-state index is 9.99. The van der Waals surface area contributed by atoms with Gasteiger partial charge in [-0.3, -0.25) is 0 Å². The minimum atomic E-state index is -1.30. The van der Waals surface area contributed by atoms with Gasteiger partial charge in [-0.15, -0.1) is 0 Å². The molecule has 0 saturated heterocycles. The van der Waals surface area contributed by atoms with Crippen molar-refractivity contribution in [1.82, 2.24) is 0 Å². The van der Waals surface area contributed by atoms with Crippen LogP contribution in [0, 0.1) is 0 Å². The number of hydrogen-bond acceptors (Lipinski definition) is 4. The zero-order chi connectivity index (χ0) is 22.4. The van der Waals surface area contributed by atoms with Crippen molar-refractivity contribution in [3.8, 4) is 11.5 Å². The van der Waals surface area contributed by atoms with Gasteiger partial charge in [0.05, 0.1) is 17.9 Å². The molecule has 0 aliphatic rings. The average molecular weight is 660 g/mol. The fourth-order valence-electron chi connectivity index (χ4n) is 2.70.